The number of aryl methyl sites for hydroxylation is 1. The van der Waals surface area contributed by atoms with Crippen LogP contribution in [-0.2, 0) is 0 Å². The van der Waals surface area contributed by atoms with Crippen LogP contribution in [0.25, 0.3) is 6.08 Å². The molecule has 120 valence electrons. The molecule has 3 nitrogen and oxygen atoms in total. The maximum atomic E-state index is 9.89. The van der Waals surface area contributed by atoms with Gasteiger partial charge in [-0.2, -0.15) is 0 Å². The summed E-state index contributed by atoms with van der Waals surface area (Å²) in [5.74, 6) is 0.890. The Morgan fingerprint density at radius 3 is 2.36 bits per heavy atom. The third-order valence-electron chi connectivity index (χ3n) is 2.78. The zero-order chi connectivity index (χ0) is 15.7. The molecule has 0 radical (unpaired) electrons. The fraction of sp³-hybridized carbons (Fsp3) is 0.263. The van der Waals surface area contributed by atoms with E-state index in [1.165, 1.54) is 0 Å². The molecule has 0 fully saturated rings. The molecule has 0 aliphatic carbocycles. The summed E-state index contributed by atoms with van der Waals surface area (Å²) in [6.45, 7) is 7.89. The van der Waals surface area contributed by atoms with E-state index in [0.29, 0.717) is 5.69 Å². The highest BCUT2D eigenvalue weighted by atomic mass is 16.6. The number of benzene rings is 2. The van der Waals surface area contributed by atoms with Gasteiger partial charge in [-0.15, -0.1) is 0 Å². The van der Waals surface area contributed by atoms with Gasteiger partial charge in [0.05, 0.1) is 0 Å². The summed E-state index contributed by atoms with van der Waals surface area (Å²) >= 11 is 0. The smallest absolute Gasteiger partial charge is 0.157 e. The summed E-state index contributed by atoms with van der Waals surface area (Å²) < 4.78 is 0. The SMILES string of the molecule is C.C/C=C\c1cccc(O)c1NOc1ccccc1C.CC. The van der Waals surface area contributed by atoms with Crippen LogP contribution in [0.3, 0.4) is 0 Å². The monoisotopic (exact) mass is 301 g/mol. The molecule has 2 aromatic rings. The minimum atomic E-state index is 0. The van der Waals surface area contributed by atoms with E-state index in [2.05, 4.69) is 5.48 Å². The van der Waals surface area contributed by atoms with Gasteiger partial charge in [-0.3, -0.25) is 0 Å². The second kappa shape index (κ2) is 10.3. The van der Waals surface area contributed by atoms with Gasteiger partial charge in [-0.1, -0.05) is 63.8 Å². The molecule has 0 aromatic heterocycles. The van der Waals surface area contributed by atoms with Gasteiger partial charge in [0.15, 0.2) is 5.75 Å². The average molecular weight is 301 g/mol. The molecule has 0 saturated carbocycles. The van der Waals surface area contributed by atoms with Crippen LogP contribution in [0.2, 0.25) is 0 Å². The third kappa shape index (κ3) is 5.17. The Balaban J connectivity index is 0.00000141. The molecule has 0 heterocycles. The molecule has 0 aliphatic heterocycles. The average Bonchev–Trinajstić information content (AvgIpc) is 2.51. The van der Waals surface area contributed by atoms with Gasteiger partial charge in [0.25, 0.3) is 0 Å². The summed E-state index contributed by atoms with van der Waals surface area (Å²) in [6, 6.07) is 13.0. The molecule has 2 aromatic carbocycles. The lowest BCUT2D eigenvalue weighted by Crippen LogP contribution is -2.07. The van der Waals surface area contributed by atoms with Crippen LogP contribution in [0, 0.1) is 6.92 Å². The highest BCUT2D eigenvalue weighted by Crippen LogP contribution is 2.29. The van der Waals surface area contributed by atoms with Crippen molar-refractivity contribution in [2.75, 3.05) is 5.48 Å². The number of allylic oxidation sites excluding steroid dienone is 1. The molecule has 0 saturated heterocycles. The van der Waals surface area contributed by atoms with Crippen LogP contribution in [0.15, 0.2) is 48.5 Å². The zero-order valence-electron chi connectivity index (χ0n) is 13.1. The van der Waals surface area contributed by atoms with Crippen molar-refractivity contribution in [1.82, 2.24) is 0 Å². The van der Waals surface area contributed by atoms with Gasteiger partial charge < -0.3 is 9.94 Å². The Labute approximate surface area is 134 Å². The summed E-state index contributed by atoms with van der Waals surface area (Å²) in [6.07, 6.45) is 3.82. The maximum absolute atomic E-state index is 9.89. The van der Waals surface area contributed by atoms with Gasteiger partial charge in [0, 0.05) is 5.56 Å². The number of phenols is 1. The Bertz CT molecular complexity index is 592. The second-order valence-corrected chi connectivity index (χ2v) is 4.21. The normalized spacial score (nSPS) is 9.45. The standard InChI is InChI=1S/C16H17NO2.C2H6.CH4/c1-3-7-13-9-6-10-14(18)16(13)17-19-15-11-5-4-8-12(15)2;1-2;/h3-11,17-18H,1-2H3;1-2H3;1H4/b7-3-;;. The van der Waals surface area contributed by atoms with Crippen LogP contribution >= 0.6 is 0 Å². The predicted octanol–water partition coefficient (Wildman–Crippen LogP) is 5.80. The Morgan fingerprint density at radius 2 is 1.73 bits per heavy atom. The number of aromatic hydroxyl groups is 1. The molecule has 22 heavy (non-hydrogen) atoms. The van der Waals surface area contributed by atoms with E-state index in [1.54, 1.807) is 12.1 Å². The van der Waals surface area contributed by atoms with Gasteiger partial charge in [-0.25, -0.2) is 5.48 Å². The first-order valence-corrected chi connectivity index (χ1v) is 7.15. The topological polar surface area (TPSA) is 41.5 Å². The van der Waals surface area contributed by atoms with E-state index >= 15 is 0 Å². The van der Waals surface area contributed by atoms with Crippen molar-refractivity contribution in [2.24, 2.45) is 0 Å². The van der Waals surface area contributed by atoms with Crippen LogP contribution in [0.5, 0.6) is 11.5 Å². The zero-order valence-corrected chi connectivity index (χ0v) is 13.1. The lowest BCUT2D eigenvalue weighted by molar-refractivity contribution is 0.393. The Hall–Kier alpha value is -2.42. The van der Waals surface area contributed by atoms with Crippen LogP contribution < -0.4 is 10.3 Å². The van der Waals surface area contributed by atoms with Crippen LogP contribution in [0.4, 0.5) is 5.69 Å². The van der Waals surface area contributed by atoms with Gasteiger partial charge in [0.2, 0.25) is 0 Å². The van der Waals surface area contributed by atoms with Crippen molar-refractivity contribution < 1.29 is 9.94 Å². The number of rotatable bonds is 4. The van der Waals surface area contributed by atoms with Crippen molar-refractivity contribution >= 4 is 11.8 Å². The number of hydrogen-bond donors (Lipinski definition) is 2. The molecule has 0 spiro atoms. The number of nitrogens with one attached hydrogen (secondary N) is 1. The van der Waals surface area contributed by atoms with E-state index in [9.17, 15) is 5.11 Å². The molecule has 2 N–H and O–H groups in total. The minimum Gasteiger partial charge on any atom is -0.506 e. The van der Waals surface area contributed by atoms with Crippen molar-refractivity contribution in [3.8, 4) is 11.5 Å². The van der Waals surface area contributed by atoms with Gasteiger partial charge >= 0.3 is 0 Å². The highest BCUT2D eigenvalue weighted by Gasteiger charge is 2.06. The number of para-hydroxylation sites is 2. The first-order chi connectivity index (χ1) is 10.2. The van der Waals surface area contributed by atoms with E-state index in [4.69, 9.17) is 4.84 Å². The predicted molar refractivity (Wildman–Crippen MR) is 96.3 cm³/mol. The van der Waals surface area contributed by atoms with Crippen molar-refractivity contribution in [3.05, 3.63) is 59.7 Å². The number of hydrogen-bond acceptors (Lipinski definition) is 3. The molecule has 0 unspecified atom stereocenters. The second-order valence-electron chi connectivity index (χ2n) is 4.21. The fourth-order valence-electron chi connectivity index (χ4n) is 1.76. The van der Waals surface area contributed by atoms with Crippen molar-refractivity contribution in [1.29, 1.82) is 0 Å². The maximum Gasteiger partial charge on any atom is 0.157 e. The van der Waals surface area contributed by atoms with E-state index in [1.807, 2.05) is 70.2 Å². The molecule has 0 atom stereocenters. The van der Waals surface area contributed by atoms with Gasteiger partial charge in [0.1, 0.15) is 11.4 Å². The number of anilines is 1. The van der Waals surface area contributed by atoms with Crippen LogP contribution in [-0.4, -0.2) is 5.11 Å². The Kier molecular flexibility index (Phi) is 9.19. The lowest BCUT2D eigenvalue weighted by atomic mass is 10.1. The summed E-state index contributed by atoms with van der Waals surface area (Å²) in [4.78, 5) is 5.55. The minimum absolute atomic E-state index is 0. The molecular formula is C19H27NO2. The molecule has 2 rings (SSSR count). The first kappa shape index (κ1) is 19.6. The molecular weight excluding hydrogens is 274 g/mol. The summed E-state index contributed by atoms with van der Waals surface area (Å²) in [5, 5.41) is 9.89. The third-order valence-corrected chi connectivity index (χ3v) is 2.78. The fourth-order valence-corrected chi connectivity index (χ4v) is 1.76. The highest BCUT2D eigenvalue weighted by molar-refractivity contribution is 5.71. The van der Waals surface area contributed by atoms with E-state index in [0.717, 1.165) is 16.9 Å². The summed E-state index contributed by atoms with van der Waals surface area (Å²) in [7, 11) is 0. The first-order valence-electron chi connectivity index (χ1n) is 7.15. The largest absolute Gasteiger partial charge is 0.506 e. The van der Waals surface area contributed by atoms with Gasteiger partial charge in [-0.05, 0) is 31.5 Å². The molecule has 0 aliphatic rings. The van der Waals surface area contributed by atoms with E-state index in [-0.39, 0.29) is 13.2 Å². The molecule has 3 heteroatoms. The van der Waals surface area contributed by atoms with Crippen molar-refractivity contribution in [3.63, 3.8) is 0 Å². The lowest BCUT2D eigenvalue weighted by Gasteiger charge is -2.13. The molecule has 0 bridgehead atoms. The Morgan fingerprint density at radius 1 is 1.05 bits per heavy atom. The number of phenolic OH excluding ortho intramolecular Hbond substituents is 1. The van der Waals surface area contributed by atoms with E-state index < -0.39 is 0 Å². The molecule has 0 amide bonds. The quantitative estimate of drug-likeness (QED) is 0.553. The van der Waals surface area contributed by atoms with Crippen LogP contribution in [0.1, 0.15) is 39.3 Å². The van der Waals surface area contributed by atoms with Crippen molar-refractivity contribution in [2.45, 2.75) is 35.1 Å². The summed E-state index contributed by atoms with van der Waals surface area (Å²) in [5.41, 5.74) is 5.28.